The molecule has 1 unspecified atom stereocenters. The smallest absolute Gasteiger partial charge is 0.315 e. The van der Waals surface area contributed by atoms with E-state index >= 15 is 0 Å². The Morgan fingerprint density at radius 3 is 2.42 bits per heavy atom. The molecule has 0 aliphatic heterocycles. The fourth-order valence-corrected chi connectivity index (χ4v) is 4.36. The van der Waals surface area contributed by atoms with Crippen molar-refractivity contribution in [2.45, 2.75) is 70.9 Å². The summed E-state index contributed by atoms with van der Waals surface area (Å²) in [6.45, 7) is 9.85. The maximum Gasteiger partial charge on any atom is 0.315 e. The fraction of sp³-hybridized carbons (Fsp3) is 0.667. The molecule has 4 atom stereocenters. The van der Waals surface area contributed by atoms with Crippen molar-refractivity contribution in [3.8, 4) is 0 Å². The number of halogens is 1. The third-order valence-electron chi connectivity index (χ3n) is 5.98. The molecule has 0 aromatic heterocycles. The number of amides is 1. The van der Waals surface area contributed by atoms with Gasteiger partial charge in [-0.15, -0.1) is 12.4 Å². The van der Waals surface area contributed by atoms with Crippen LogP contribution in [0, 0.1) is 17.8 Å². The Morgan fingerprint density at radius 2 is 1.87 bits per heavy atom. The van der Waals surface area contributed by atoms with Gasteiger partial charge in [-0.25, -0.2) is 0 Å². The van der Waals surface area contributed by atoms with Gasteiger partial charge in [0.2, 0.25) is 0 Å². The van der Waals surface area contributed by atoms with Crippen LogP contribution in [0.4, 0.5) is 0 Å². The van der Waals surface area contributed by atoms with E-state index in [4.69, 9.17) is 10.5 Å². The Labute approximate surface area is 192 Å². The van der Waals surface area contributed by atoms with Crippen molar-refractivity contribution in [2.75, 3.05) is 13.2 Å². The normalized spacial score (nSPS) is 24.8. The third-order valence-corrected chi connectivity index (χ3v) is 5.98. The Bertz CT molecular complexity index is 720. The quantitative estimate of drug-likeness (QED) is 0.522. The second-order valence-corrected chi connectivity index (χ2v) is 9.93. The van der Waals surface area contributed by atoms with Crippen LogP contribution in [0.5, 0.6) is 0 Å². The Kier molecular flexibility index (Phi) is 9.99. The lowest BCUT2D eigenvalue weighted by atomic mass is 9.66. The number of rotatable bonds is 8. The molecule has 0 saturated heterocycles. The largest absolute Gasteiger partial charge is 0.463 e. The topological polar surface area (TPSA) is 102 Å². The molecule has 1 fully saturated rings. The number of nitrogens with one attached hydrogen (secondary N) is 1. The SMILES string of the molecule is CC(C)[C@@H]1CC[C@@H](C)C[C@@]1(O)C(=O)NCC(C(=O)OCC(C)(C)N)c1ccccc1.Cl. The molecule has 1 aromatic carbocycles. The summed E-state index contributed by atoms with van der Waals surface area (Å²) in [6.07, 6.45) is 2.26. The van der Waals surface area contributed by atoms with Crippen LogP contribution < -0.4 is 11.1 Å². The molecule has 0 spiro atoms. The predicted molar refractivity (Wildman–Crippen MR) is 125 cm³/mol. The van der Waals surface area contributed by atoms with Gasteiger partial charge in [-0.3, -0.25) is 9.59 Å². The van der Waals surface area contributed by atoms with Crippen molar-refractivity contribution < 1.29 is 19.4 Å². The van der Waals surface area contributed by atoms with Crippen LogP contribution in [0.2, 0.25) is 0 Å². The highest BCUT2D eigenvalue weighted by atomic mass is 35.5. The Morgan fingerprint density at radius 1 is 1.26 bits per heavy atom. The van der Waals surface area contributed by atoms with E-state index in [0.29, 0.717) is 6.42 Å². The van der Waals surface area contributed by atoms with Gasteiger partial charge in [-0.05, 0) is 50.0 Å². The molecule has 1 saturated carbocycles. The number of hydrogen-bond donors (Lipinski definition) is 3. The van der Waals surface area contributed by atoms with Crippen molar-refractivity contribution >= 4 is 24.3 Å². The van der Waals surface area contributed by atoms with Gasteiger partial charge < -0.3 is 20.9 Å². The van der Waals surface area contributed by atoms with Gasteiger partial charge in [0.25, 0.3) is 5.91 Å². The number of nitrogens with two attached hydrogens (primary N) is 1. The average Bonchev–Trinajstić information content (AvgIpc) is 2.66. The minimum absolute atomic E-state index is 0. The Hall–Kier alpha value is -1.63. The zero-order valence-electron chi connectivity index (χ0n) is 19.4. The van der Waals surface area contributed by atoms with E-state index in [1.165, 1.54) is 0 Å². The van der Waals surface area contributed by atoms with E-state index in [-0.39, 0.29) is 43.3 Å². The average molecular weight is 455 g/mol. The molecular weight excluding hydrogens is 416 g/mol. The van der Waals surface area contributed by atoms with Crippen LogP contribution >= 0.6 is 12.4 Å². The molecule has 0 bridgehead atoms. The molecule has 0 heterocycles. The van der Waals surface area contributed by atoms with E-state index in [9.17, 15) is 14.7 Å². The number of hydrogen-bond acceptors (Lipinski definition) is 5. The van der Waals surface area contributed by atoms with Gasteiger partial charge in [0.1, 0.15) is 12.2 Å². The van der Waals surface area contributed by atoms with Gasteiger partial charge in [-0.1, -0.05) is 57.5 Å². The summed E-state index contributed by atoms with van der Waals surface area (Å²) >= 11 is 0. The zero-order valence-corrected chi connectivity index (χ0v) is 20.2. The van der Waals surface area contributed by atoms with Crippen LogP contribution in [0.1, 0.15) is 65.4 Å². The molecule has 1 aliphatic rings. The number of ether oxygens (including phenoxy) is 1. The minimum Gasteiger partial charge on any atom is -0.463 e. The van der Waals surface area contributed by atoms with Gasteiger partial charge in [-0.2, -0.15) is 0 Å². The molecule has 176 valence electrons. The predicted octanol–water partition coefficient (Wildman–Crippen LogP) is 3.41. The summed E-state index contributed by atoms with van der Waals surface area (Å²) in [6, 6.07) is 9.22. The van der Waals surface area contributed by atoms with Crippen LogP contribution in [-0.4, -0.2) is 41.3 Å². The summed E-state index contributed by atoms with van der Waals surface area (Å²) in [4.78, 5) is 25.9. The highest BCUT2D eigenvalue weighted by Gasteiger charge is 2.48. The molecule has 1 amide bonds. The second-order valence-electron chi connectivity index (χ2n) is 9.93. The third kappa shape index (κ3) is 7.48. The standard InChI is InChI=1S/C24H38N2O4.ClH/c1-16(2)20-12-11-17(3)13-24(20,29)22(28)26-14-19(18-9-7-6-8-10-18)21(27)30-15-23(4,5)25;/h6-10,16-17,19-20,29H,11-15,25H2,1-5H3,(H,26,28);1H/t17-,19?,20+,24+;/m1./s1. The monoisotopic (exact) mass is 454 g/mol. The fourth-order valence-electron chi connectivity index (χ4n) is 4.36. The number of carbonyl (C=O) groups is 2. The number of benzene rings is 1. The van der Waals surface area contributed by atoms with Crippen LogP contribution in [0.15, 0.2) is 30.3 Å². The van der Waals surface area contributed by atoms with Crippen LogP contribution in [0.3, 0.4) is 0 Å². The lowest BCUT2D eigenvalue weighted by Crippen LogP contribution is -2.57. The summed E-state index contributed by atoms with van der Waals surface area (Å²) in [5, 5.41) is 14.2. The number of esters is 1. The highest BCUT2D eigenvalue weighted by molar-refractivity contribution is 5.87. The van der Waals surface area contributed by atoms with Crippen molar-refractivity contribution in [2.24, 2.45) is 23.5 Å². The molecule has 2 rings (SSSR count). The molecule has 6 nitrogen and oxygen atoms in total. The molecular formula is C24H39ClN2O4. The van der Waals surface area contributed by atoms with E-state index in [1.54, 1.807) is 13.8 Å². The number of aliphatic hydroxyl groups is 1. The molecule has 1 aromatic rings. The van der Waals surface area contributed by atoms with E-state index in [2.05, 4.69) is 12.2 Å². The summed E-state index contributed by atoms with van der Waals surface area (Å²) < 4.78 is 5.42. The molecule has 4 N–H and O–H groups in total. The first-order valence-corrected chi connectivity index (χ1v) is 10.9. The molecule has 31 heavy (non-hydrogen) atoms. The summed E-state index contributed by atoms with van der Waals surface area (Å²) in [5.41, 5.74) is 4.63. The van der Waals surface area contributed by atoms with Crippen LogP contribution in [0.25, 0.3) is 0 Å². The van der Waals surface area contributed by atoms with Gasteiger partial charge in [0, 0.05) is 12.1 Å². The lowest BCUT2D eigenvalue weighted by molar-refractivity contribution is -0.156. The van der Waals surface area contributed by atoms with Crippen molar-refractivity contribution in [3.05, 3.63) is 35.9 Å². The van der Waals surface area contributed by atoms with Crippen molar-refractivity contribution in [1.29, 1.82) is 0 Å². The minimum atomic E-state index is -1.42. The van der Waals surface area contributed by atoms with Gasteiger partial charge in [0.05, 0.1) is 5.92 Å². The van der Waals surface area contributed by atoms with Crippen LogP contribution in [-0.2, 0) is 14.3 Å². The summed E-state index contributed by atoms with van der Waals surface area (Å²) in [7, 11) is 0. The maximum absolute atomic E-state index is 13.1. The first-order valence-electron chi connectivity index (χ1n) is 10.9. The van der Waals surface area contributed by atoms with Crippen molar-refractivity contribution in [3.63, 3.8) is 0 Å². The van der Waals surface area contributed by atoms with Crippen molar-refractivity contribution in [1.82, 2.24) is 5.32 Å². The molecule has 1 aliphatic carbocycles. The second kappa shape index (κ2) is 11.3. The van der Waals surface area contributed by atoms with E-state index in [1.807, 2.05) is 44.2 Å². The van der Waals surface area contributed by atoms with E-state index in [0.717, 1.165) is 18.4 Å². The Balaban J connectivity index is 0.00000480. The van der Waals surface area contributed by atoms with E-state index < -0.39 is 28.9 Å². The lowest BCUT2D eigenvalue weighted by Gasteiger charge is -2.43. The van der Waals surface area contributed by atoms with Gasteiger partial charge >= 0.3 is 5.97 Å². The molecule has 7 heteroatoms. The number of carbonyl (C=O) groups excluding carboxylic acids is 2. The first-order chi connectivity index (χ1) is 13.9. The molecule has 0 radical (unpaired) electrons. The highest BCUT2D eigenvalue weighted by Crippen LogP contribution is 2.41. The first kappa shape index (κ1) is 27.4. The summed E-state index contributed by atoms with van der Waals surface area (Å²) in [5.74, 6) is -1.15. The maximum atomic E-state index is 13.1. The van der Waals surface area contributed by atoms with Gasteiger partial charge in [0.15, 0.2) is 0 Å². The zero-order chi connectivity index (χ0) is 22.5.